The number of benzene rings is 2. The van der Waals surface area contributed by atoms with Crippen molar-refractivity contribution in [3.05, 3.63) is 64.2 Å². The fourth-order valence-electron chi connectivity index (χ4n) is 2.96. The maximum atomic E-state index is 13.7. The molecule has 0 bridgehead atoms. The molecule has 1 atom stereocenters. The summed E-state index contributed by atoms with van der Waals surface area (Å²) in [6, 6.07) is 5.13. The van der Waals surface area contributed by atoms with Crippen molar-refractivity contribution in [2.24, 2.45) is 0 Å². The standard InChI is InChI=1S/C22H25F5N2O/c1-4-9-28-20-12-17(22(25,26)27)7-5-15(20)6-8-21(30)29-14(3)16-10-18(23)13(2)19(24)11-16/h5,7,10-12,14,28H,4,6,8-9H2,1-3H3,(H,29,30)/t14-/m1/s1. The summed E-state index contributed by atoms with van der Waals surface area (Å²) < 4.78 is 66.4. The van der Waals surface area contributed by atoms with Crippen molar-refractivity contribution >= 4 is 11.6 Å². The SMILES string of the molecule is CCCNc1cc(C(F)(F)F)ccc1CCC(=O)N[C@H](C)c1cc(F)c(C)c(F)c1. The van der Waals surface area contributed by atoms with Crippen LogP contribution in [0.15, 0.2) is 30.3 Å². The maximum absolute atomic E-state index is 13.7. The largest absolute Gasteiger partial charge is 0.416 e. The van der Waals surface area contributed by atoms with E-state index in [1.54, 1.807) is 6.92 Å². The number of halogens is 5. The van der Waals surface area contributed by atoms with Crippen molar-refractivity contribution in [1.82, 2.24) is 5.32 Å². The highest BCUT2D eigenvalue weighted by Crippen LogP contribution is 2.32. The molecule has 2 aromatic carbocycles. The summed E-state index contributed by atoms with van der Waals surface area (Å²) in [5.74, 6) is -1.75. The topological polar surface area (TPSA) is 41.1 Å². The molecule has 0 aliphatic carbocycles. The highest BCUT2D eigenvalue weighted by molar-refractivity contribution is 5.77. The summed E-state index contributed by atoms with van der Waals surface area (Å²) in [6.07, 6.45) is -3.48. The zero-order chi connectivity index (χ0) is 22.5. The van der Waals surface area contributed by atoms with Gasteiger partial charge in [0.15, 0.2) is 0 Å². The van der Waals surface area contributed by atoms with Crippen LogP contribution in [-0.4, -0.2) is 12.5 Å². The lowest BCUT2D eigenvalue weighted by Gasteiger charge is -2.17. The van der Waals surface area contributed by atoms with Gasteiger partial charge < -0.3 is 10.6 Å². The number of carbonyl (C=O) groups is 1. The molecular weight excluding hydrogens is 403 g/mol. The van der Waals surface area contributed by atoms with E-state index in [0.29, 0.717) is 23.4 Å². The van der Waals surface area contributed by atoms with Crippen molar-refractivity contribution in [1.29, 1.82) is 0 Å². The Balaban J connectivity index is 2.06. The molecule has 0 fully saturated rings. The van der Waals surface area contributed by atoms with E-state index in [0.717, 1.165) is 18.6 Å². The molecule has 0 aliphatic rings. The first-order valence-corrected chi connectivity index (χ1v) is 9.71. The summed E-state index contributed by atoms with van der Waals surface area (Å²) in [5, 5.41) is 5.63. The van der Waals surface area contributed by atoms with Gasteiger partial charge in [-0.2, -0.15) is 13.2 Å². The monoisotopic (exact) mass is 428 g/mol. The zero-order valence-corrected chi connectivity index (χ0v) is 17.1. The van der Waals surface area contributed by atoms with Gasteiger partial charge in [0, 0.05) is 24.2 Å². The molecule has 0 heterocycles. The third-order valence-corrected chi connectivity index (χ3v) is 4.80. The zero-order valence-electron chi connectivity index (χ0n) is 17.1. The van der Waals surface area contributed by atoms with Crippen LogP contribution in [0.3, 0.4) is 0 Å². The van der Waals surface area contributed by atoms with E-state index in [4.69, 9.17) is 0 Å². The maximum Gasteiger partial charge on any atom is 0.416 e. The molecule has 3 nitrogen and oxygen atoms in total. The summed E-state index contributed by atoms with van der Waals surface area (Å²) in [4.78, 5) is 12.3. The van der Waals surface area contributed by atoms with Crippen LogP contribution in [-0.2, 0) is 17.4 Å². The van der Waals surface area contributed by atoms with Crippen molar-refractivity contribution in [2.75, 3.05) is 11.9 Å². The Morgan fingerprint density at radius 2 is 1.73 bits per heavy atom. The van der Waals surface area contributed by atoms with Gasteiger partial charge in [-0.05, 0) is 62.1 Å². The van der Waals surface area contributed by atoms with Crippen LogP contribution in [0.2, 0.25) is 0 Å². The lowest BCUT2D eigenvalue weighted by atomic mass is 10.0. The fourth-order valence-corrected chi connectivity index (χ4v) is 2.96. The molecule has 2 N–H and O–H groups in total. The first-order chi connectivity index (χ1) is 14.0. The molecule has 8 heteroatoms. The van der Waals surface area contributed by atoms with Crippen molar-refractivity contribution in [3.8, 4) is 0 Å². The summed E-state index contributed by atoms with van der Waals surface area (Å²) in [5.41, 5.74) is 0.378. The molecule has 0 unspecified atom stereocenters. The average Bonchev–Trinajstić information content (AvgIpc) is 2.67. The van der Waals surface area contributed by atoms with Gasteiger partial charge in [0.1, 0.15) is 11.6 Å². The van der Waals surface area contributed by atoms with E-state index >= 15 is 0 Å². The molecule has 2 aromatic rings. The van der Waals surface area contributed by atoms with Gasteiger partial charge in [0.2, 0.25) is 5.91 Å². The molecule has 0 radical (unpaired) electrons. The lowest BCUT2D eigenvalue weighted by Crippen LogP contribution is -2.27. The van der Waals surface area contributed by atoms with Crippen molar-refractivity contribution in [3.63, 3.8) is 0 Å². The Labute approximate surface area is 172 Å². The minimum Gasteiger partial charge on any atom is -0.385 e. The second-order valence-electron chi connectivity index (χ2n) is 7.20. The Morgan fingerprint density at radius 3 is 2.30 bits per heavy atom. The number of rotatable bonds is 8. The van der Waals surface area contributed by atoms with Crippen molar-refractivity contribution < 1.29 is 26.7 Å². The van der Waals surface area contributed by atoms with Crippen LogP contribution < -0.4 is 10.6 Å². The molecule has 164 valence electrons. The number of alkyl halides is 3. The second kappa shape index (κ2) is 9.91. The first kappa shape index (κ1) is 23.6. The predicted octanol–water partition coefficient (Wildman–Crippen LogP) is 5.92. The van der Waals surface area contributed by atoms with E-state index in [-0.39, 0.29) is 24.3 Å². The minimum absolute atomic E-state index is 0.0212. The number of anilines is 1. The molecule has 0 spiro atoms. The number of amides is 1. The van der Waals surface area contributed by atoms with Gasteiger partial charge in [-0.1, -0.05) is 13.0 Å². The Hall–Kier alpha value is -2.64. The molecule has 1 amide bonds. The molecule has 0 aromatic heterocycles. The third-order valence-electron chi connectivity index (χ3n) is 4.80. The van der Waals surface area contributed by atoms with Crippen LogP contribution >= 0.6 is 0 Å². The van der Waals surface area contributed by atoms with Crippen molar-refractivity contribution in [2.45, 2.75) is 52.3 Å². The second-order valence-corrected chi connectivity index (χ2v) is 7.20. The highest BCUT2D eigenvalue weighted by atomic mass is 19.4. The third kappa shape index (κ3) is 6.18. The number of nitrogens with one attached hydrogen (secondary N) is 2. The molecule has 2 rings (SSSR count). The van der Waals surface area contributed by atoms with Crippen LogP contribution in [0, 0.1) is 18.6 Å². The molecule has 30 heavy (non-hydrogen) atoms. The summed E-state index contributed by atoms with van der Waals surface area (Å²) in [7, 11) is 0. The normalized spacial score (nSPS) is 12.5. The lowest BCUT2D eigenvalue weighted by molar-refractivity contribution is -0.137. The van der Waals surface area contributed by atoms with E-state index in [9.17, 15) is 26.7 Å². The van der Waals surface area contributed by atoms with Gasteiger partial charge in [-0.15, -0.1) is 0 Å². The first-order valence-electron chi connectivity index (χ1n) is 9.71. The Kier molecular flexibility index (Phi) is 7.81. The van der Waals surface area contributed by atoms with Gasteiger partial charge in [0.05, 0.1) is 11.6 Å². The van der Waals surface area contributed by atoms with E-state index in [2.05, 4.69) is 10.6 Å². The van der Waals surface area contributed by atoms with Crippen LogP contribution in [0.1, 0.15) is 55.0 Å². The van der Waals surface area contributed by atoms with Crippen LogP contribution in [0.5, 0.6) is 0 Å². The van der Waals surface area contributed by atoms with Crippen LogP contribution in [0.25, 0.3) is 0 Å². The highest BCUT2D eigenvalue weighted by Gasteiger charge is 2.31. The Morgan fingerprint density at radius 1 is 1.10 bits per heavy atom. The fraction of sp³-hybridized carbons (Fsp3) is 0.409. The van der Waals surface area contributed by atoms with E-state index < -0.39 is 29.4 Å². The number of hydrogen-bond acceptors (Lipinski definition) is 2. The van der Waals surface area contributed by atoms with Gasteiger partial charge >= 0.3 is 6.18 Å². The van der Waals surface area contributed by atoms with Gasteiger partial charge in [-0.25, -0.2) is 8.78 Å². The number of carbonyl (C=O) groups excluding carboxylic acids is 1. The smallest absolute Gasteiger partial charge is 0.385 e. The van der Waals surface area contributed by atoms with Crippen LogP contribution in [0.4, 0.5) is 27.6 Å². The summed E-state index contributed by atoms with van der Waals surface area (Å²) in [6.45, 7) is 5.33. The van der Waals surface area contributed by atoms with Gasteiger partial charge in [0.25, 0.3) is 0 Å². The quantitative estimate of drug-likeness (QED) is 0.512. The summed E-state index contributed by atoms with van der Waals surface area (Å²) >= 11 is 0. The molecule has 0 aliphatic heterocycles. The Bertz CT molecular complexity index is 873. The minimum atomic E-state index is -4.45. The molecule has 0 saturated heterocycles. The molecule has 0 saturated carbocycles. The number of aryl methyl sites for hydroxylation is 1. The average molecular weight is 428 g/mol. The number of hydrogen-bond donors (Lipinski definition) is 2. The van der Waals surface area contributed by atoms with E-state index in [1.807, 2.05) is 6.92 Å². The predicted molar refractivity (Wildman–Crippen MR) is 106 cm³/mol. The van der Waals surface area contributed by atoms with E-state index in [1.165, 1.54) is 25.1 Å². The molecular formula is C22H25F5N2O. The van der Waals surface area contributed by atoms with Gasteiger partial charge in [-0.3, -0.25) is 4.79 Å².